The molecular weight excluding hydrogens is 460 g/mol. The highest BCUT2D eigenvalue weighted by molar-refractivity contribution is 6.06. The van der Waals surface area contributed by atoms with Crippen molar-refractivity contribution in [2.45, 2.75) is 38.4 Å². The van der Waals surface area contributed by atoms with Gasteiger partial charge in [0.25, 0.3) is 5.56 Å². The monoisotopic (exact) mass is 484 g/mol. The number of benzene rings is 2. The molecule has 0 saturated heterocycles. The van der Waals surface area contributed by atoms with Crippen LogP contribution < -0.4 is 15.6 Å². The van der Waals surface area contributed by atoms with Crippen LogP contribution in [-0.2, 0) is 24.4 Å². The predicted molar refractivity (Wildman–Crippen MR) is 132 cm³/mol. The summed E-state index contributed by atoms with van der Waals surface area (Å²) in [6, 6.07) is 15.1. The van der Waals surface area contributed by atoms with E-state index in [1.54, 1.807) is 11.7 Å². The van der Waals surface area contributed by atoms with Gasteiger partial charge in [-0.05, 0) is 36.6 Å². The normalized spacial score (nSPS) is 13.4. The fraction of sp³-hybridized carbons (Fsp3) is 0.269. The van der Waals surface area contributed by atoms with E-state index in [2.05, 4.69) is 20.4 Å². The van der Waals surface area contributed by atoms with Gasteiger partial charge in [-0.25, -0.2) is 4.98 Å². The second-order valence-electron chi connectivity index (χ2n) is 8.93. The van der Waals surface area contributed by atoms with Crippen molar-refractivity contribution in [3.63, 3.8) is 0 Å². The van der Waals surface area contributed by atoms with Crippen molar-refractivity contribution in [3.05, 3.63) is 82.5 Å². The SMILES string of the molecule is COc1cccc(CNC(=O)Cn2c3ccccc3c3ncn(Cc4nc(C5CC5)no4)c(=O)c32)c1. The molecule has 0 aliphatic heterocycles. The van der Waals surface area contributed by atoms with E-state index in [4.69, 9.17) is 9.26 Å². The minimum atomic E-state index is -0.275. The Labute approximate surface area is 205 Å². The number of nitrogens with one attached hydrogen (secondary N) is 1. The molecule has 5 aromatic rings. The summed E-state index contributed by atoms with van der Waals surface area (Å²) in [5.41, 5.74) is 2.32. The van der Waals surface area contributed by atoms with E-state index in [0.717, 1.165) is 35.1 Å². The van der Waals surface area contributed by atoms with Gasteiger partial charge in [-0.3, -0.25) is 14.2 Å². The molecule has 1 saturated carbocycles. The maximum absolute atomic E-state index is 13.6. The van der Waals surface area contributed by atoms with Crippen LogP contribution in [0, 0.1) is 0 Å². The summed E-state index contributed by atoms with van der Waals surface area (Å²) in [5.74, 6) is 1.91. The Morgan fingerprint density at radius 2 is 2.06 bits per heavy atom. The molecule has 10 heteroatoms. The fourth-order valence-corrected chi connectivity index (χ4v) is 4.39. The largest absolute Gasteiger partial charge is 0.497 e. The Bertz CT molecular complexity index is 1650. The minimum Gasteiger partial charge on any atom is -0.497 e. The van der Waals surface area contributed by atoms with Gasteiger partial charge in [0.2, 0.25) is 11.8 Å². The van der Waals surface area contributed by atoms with Crippen molar-refractivity contribution in [1.29, 1.82) is 0 Å². The zero-order valence-corrected chi connectivity index (χ0v) is 19.7. The molecule has 3 heterocycles. The number of rotatable bonds is 8. The van der Waals surface area contributed by atoms with Crippen molar-refractivity contribution < 1.29 is 14.1 Å². The molecule has 36 heavy (non-hydrogen) atoms. The molecular formula is C26H24N6O4. The molecule has 1 amide bonds. The lowest BCUT2D eigenvalue weighted by Crippen LogP contribution is -2.29. The van der Waals surface area contributed by atoms with Crippen molar-refractivity contribution in [2.24, 2.45) is 0 Å². The summed E-state index contributed by atoms with van der Waals surface area (Å²) in [5, 5.41) is 7.77. The van der Waals surface area contributed by atoms with Gasteiger partial charge in [0, 0.05) is 17.8 Å². The van der Waals surface area contributed by atoms with E-state index >= 15 is 0 Å². The van der Waals surface area contributed by atoms with Gasteiger partial charge in [0.1, 0.15) is 29.9 Å². The minimum absolute atomic E-state index is 0.0265. The first-order chi connectivity index (χ1) is 17.6. The van der Waals surface area contributed by atoms with Gasteiger partial charge >= 0.3 is 0 Å². The summed E-state index contributed by atoms with van der Waals surface area (Å²) in [4.78, 5) is 35.5. The molecule has 1 fully saturated rings. The Morgan fingerprint density at radius 3 is 2.89 bits per heavy atom. The van der Waals surface area contributed by atoms with E-state index in [-0.39, 0.29) is 24.6 Å². The van der Waals surface area contributed by atoms with Crippen LogP contribution in [0.1, 0.15) is 36.0 Å². The summed E-state index contributed by atoms with van der Waals surface area (Å²) in [6.07, 6.45) is 3.62. The van der Waals surface area contributed by atoms with Crippen LogP contribution in [0.25, 0.3) is 21.9 Å². The van der Waals surface area contributed by atoms with E-state index in [1.807, 2.05) is 48.5 Å². The summed E-state index contributed by atoms with van der Waals surface area (Å²) in [7, 11) is 1.60. The van der Waals surface area contributed by atoms with Crippen molar-refractivity contribution in [1.82, 2.24) is 29.6 Å². The molecule has 0 spiro atoms. The number of methoxy groups -OCH3 is 1. The molecule has 3 aromatic heterocycles. The van der Waals surface area contributed by atoms with Gasteiger partial charge in [-0.2, -0.15) is 4.98 Å². The number of para-hydroxylation sites is 1. The number of carbonyl (C=O) groups excluding carboxylic acids is 1. The lowest BCUT2D eigenvalue weighted by atomic mass is 10.2. The van der Waals surface area contributed by atoms with Crippen LogP contribution in [0.15, 0.2) is 64.2 Å². The highest BCUT2D eigenvalue weighted by atomic mass is 16.5. The number of ether oxygens (including phenoxy) is 1. The third kappa shape index (κ3) is 4.10. The molecule has 1 N–H and O–H groups in total. The molecule has 0 unspecified atom stereocenters. The fourth-order valence-electron chi connectivity index (χ4n) is 4.39. The Balaban J connectivity index is 1.31. The number of carbonyl (C=O) groups is 1. The predicted octanol–water partition coefficient (Wildman–Crippen LogP) is 2.98. The summed E-state index contributed by atoms with van der Waals surface area (Å²) >= 11 is 0. The average molecular weight is 485 g/mol. The highest BCUT2D eigenvalue weighted by Crippen LogP contribution is 2.38. The third-order valence-electron chi connectivity index (χ3n) is 6.39. The zero-order chi connectivity index (χ0) is 24.6. The molecule has 10 nitrogen and oxygen atoms in total. The second-order valence-corrected chi connectivity index (χ2v) is 8.93. The van der Waals surface area contributed by atoms with Crippen LogP contribution in [-0.4, -0.2) is 37.3 Å². The van der Waals surface area contributed by atoms with Gasteiger partial charge < -0.3 is 19.1 Å². The average Bonchev–Trinajstić information content (AvgIpc) is 3.57. The van der Waals surface area contributed by atoms with Gasteiger partial charge in [0.05, 0.1) is 19.0 Å². The van der Waals surface area contributed by atoms with Gasteiger partial charge in [-0.1, -0.05) is 35.5 Å². The van der Waals surface area contributed by atoms with Crippen molar-refractivity contribution >= 4 is 27.8 Å². The van der Waals surface area contributed by atoms with Gasteiger partial charge in [-0.15, -0.1) is 0 Å². The molecule has 1 aliphatic carbocycles. The van der Waals surface area contributed by atoms with Crippen LogP contribution >= 0.6 is 0 Å². The number of aromatic nitrogens is 5. The number of fused-ring (bicyclic) bond motifs is 3. The van der Waals surface area contributed by atoms with Crippen LogP contribution in [0.5, 0.6) is 5.75 Å². The van der Waals surface area contributed by atoms with Crippen LogP contribution in [0.2, 0.25) is 0 Å². The quantitative estimate of drug-likeness (QED) is 0.360. The molecule has 182 valence electrons. The first kappa shape index (κ1) is 22.0. The Morgan fingerprint density at radius 1 is 1.19 bits per heavy atom. The van der Waals surface area contributed by atoms with E-state index in [0.29, 0.717) is 35.2 Å². The molecule has 1 aliphatic rings. The second kappa shape index (κ2) is 8.95. The van der Waals surface area contributed by atoms with E-state index < -0.39 is 0 Å². The van der Waals surface area contributed by atoms with Crippen molar-refractivity contribution in [3.8, 4) is 5.75 Å². The lowest BCUT2D eigenvalue weighted by molar-refractivity contribution is -0.121. The zero-order valence-electron chi connectivity index (χ0n) is 19.7. The van der Waals surface area contributed by atoms with Crippen LogP contribution in [0.3, 0.4) is 0 Å². The maximum Gasteiger partial charge on any atom is 0.278 e. The molecule has 2 aromatic carbocycles. The summed E-state index contributed by atoms with van der Waals surface area (Å²) < 4.78 is 13.8. The summed E-state index contributed by atoms with van der Waals surface area (Å²) in [6.45, 7) is 0.433. The first-order valence-corrected chi connectivity index (χ1v) is 11.8. The molecule has 6 rings (SSSR count). The topological polar surface area (TPSA) is 117 Å². The maximum atomic E-state index is 13.6. The number of nitrogens with zero attached hydrogens (tertiary/aromatic N) is 5. The van der Waals surface area contributed by atoms with Crippen LogP contribution in [0.4, 0.5) is 0 Å². The van der Waals surface area contributed by atoms with Crippen molar-refractivity contribution in [2.75, 3.05) is 7.11 Å². The van der Waals surface area contributed by atoms with E-state index in [1.165, 1.54) is 10.9 Å². The Kier molecular flexibility index (Phi) is 5.48. The van der Waals surface area contributed by atoms with E-state index in [9.17, 15) is 9.59 Å². The highest BCUT2D eigenvalue weighted by Gasteiger charge is 2.29. The molecule has 0 radical (unpaired) electrons. The Hall–Kier alpha value is -4.47. The first-order valence-electron chi connectivity index (χ1n) is 11.8. The lowest BCUT2D eigenvalue weighted by Gasteiger charge is -2.10. The third-order valence-corrected chi connectivity index (χ3v) is 6.39. The molecule has 0 bridgehead atoms. The number of hydrogen-bond acceptors (Lipinski definition) is 7. The van der Waals surface area contributed by atoms with Gasteiger partial charge in [0.15, 0.2) is 5.82 Å². The standard InChI is InChI=1S/C26H24N6O4/c1-35-18-6-4-5-16(11-18)12-27-21(33)13-32-20-8-3-2-7-19(20)23-24(32)26(34)31(15-28-23)14-22-29-25(30-36-22)17-9-10-17/h2-8,11,15,17H,9-10,12-14H2,1H3,(H,27,33). The number of amides is 1. The molecule has 0 atom stereocenters. The smallest absolute Gasteiger partial charge is 0.278 e. The number of hydrogen-bond donors (Lipinski definition) is 1.